The summed E-state index contributed by atoms with van der Waals surface area (Å²) in [7, 11) is 2.05. The second-order valence-electron chi connectivity index (χ2n) is 12.0. The van der Waals surface area contributed by atoms with E-state index < -0.39 is 23.2 Å². The summed E-state index contributed by atoms with van der Waals surface area (Å²) in [6, 6.07) is 3.03. The van der Waals surface area contributed by atoms with Crippen molar-refractivity contribution in [3.63, 3.8) is 0 Å². The third-order valence-electron chi connectivity index (χ3n) is 9.30. The highest BCUT2D eigenvalue weighted by molar-refractivity contribution is 7.22. The Morgan fingerprint density at radius 3 is 2.60 bits per heavy atom. The first-order valence-electron chi connectivity index (χ1n) is 14.8. The number of likely N-dealkylation sites (N-methyl/N-ethyl adjacent to an activating group) is 1. The average molecular weight is 611 g/mol. The lowest BCUT2D eigenvalue weighted by molar-refractivity contribution is -0.0241. The summed E-state index contributed by atoms with van der Waals surface area (Å²) in [4.78, 5) is 32.5. The highest BCUT2D eigenvalue weighted by Crippen LogP contribution is 2.40. The molecule has 3 N–H and O–H groups in total. The molecule has 14 heteroatoms. The van der Waals surface area contributed by atoms with Crippen LogP contribution in [-0.4, -0.2) is 89.0 Å². The molecule has 2 bridgehead atoms. The number of rotatable bonds is 6. The Balaban J connectivity index is 1.36. The predicted octanol–water partition coefficient (Wildman–Crippen LogP) is 2.91. The number of nitrogen functional groups attached to an aromatic ring is 1. The van der Waals surface area contributed by atoms with Crippen LogP contribution in [0.5, 0.6) is 6.01 Å². The van der Waals surface area contributed by atoms with Crippen molar-refractivity contribution >= 4 is 43.4 Å². The summed E-state index contributed by atoms with van der Waals surface area (Å²) in [5, 5.41) is 3.86. The van der Waals surface area contributed by atoms with Crippen LogP contribution < -0.4 is 26.2 Å². The van der Waals surface area contributed by atoms with Crippen molar-refractivity contribution in [2.45, 2.75) is 49.9 Å². The van der Waals surface area contributed by atoms with E-state index in [0.717, 1.165) is 43.6 Å². The summed E-state index contributed by atoms with van der Waals surface area (Å²) in [5.41, 5.74) is 5.85. The zero-order valence-corrected chi connectivity index (χ0v) is 24.5. The molecule has 3 atom stereocenters. The largest absolute Gasteiger partial charge is 0.462 e. The van der Waals surface area contributed by atoms with Gasteiger partial charge >= 0.3 is 6.01 Å². The molecule has 0 spiro atoms. The van der Waals surface area contributed by atoms with Crippen LogP contribution in [0.1, 0.15) is 31.7 Å². The molecule has 0 amide bonds. The molecule has 4 aliphatic heterocycles. The van der Waals surface area contributed by atoms with Crippen LogP contribution in [0, 0.1) is 11.6 Å². The minimum Gasteiger partial charge on any atom is -0.462 e. The molecule has 2 unspecified atom stereocenters. The van der Waals surface area contributed by atoms with Crippen molar-refractivity contribution in [2.75, 3.05) is 57.1 Å². The Hall–Kier alpha value is -3.46. The Labute approximate surface area is 249 Å². The van der Waals surface area contributed by atoms with Gasteiger partial charge in [-0.05, 0) is 51.4 Å². The molecule has 8 rings (SSSR count). The number of nitrogens with zero attached hydrogens (tertiary/aromatic N) is 6. The molecule has 4 aromatic rings. The smallest absolute Gasteiger partial charge is 0.319 e. The van der Waals surface area contributed by atoms with Gasteiger partial charge in [0.15, 0.2) is 10.9 Å². The van der Waals surface area contributed by atoms with Crippen molar-refractivity contribution in [1.29, 1.82) is 0 Å². The molecule has 4 fully saturated rings. The number of nitrogens with one attached hydrogen (secondary N) is 1. The first-order valence-corrected chi connectivity index (χ1v) is 15.6. The molecule has 7 heterocycles. The zero-order chi connectivity index (χ0) is 29.4. The fourth-order valence-corrected chi connectivity index (χ4v) is 7.76. The molecular weight excluding hydrogens is 578 g/mol. The van der Waals surface area contributed by atoms with Gasteiger partial charge in [0.1, 0.15) is 29.1 Å². The number of aromatic nitrogens is 4. The number of anilines is 2. The van der Waals surface area contributed by atoms with Gasteiger partial charge in [-0.3, -0.25) is 9.36 Å². The number of benzene rings is 1. The van der Waals surface area contributed by atoms with Crippen LogP contribution in [0.4, 0.5) is 19.7 Å². The fraction of sp³-hybridized carbons (Fsp3) is 0.517. The van der Waals surface area contributed by atoms with E-state index in [2.05, 4.69) is 32.1 Å². The number of fused-ring (bicyclic) bond motifs is 4. The molecular formula is C29H32F2N8O3S. The van der Waals surface area contributed by atoms with E-state index in [9.17, 15) is 9.18 Å². The SMILES string of the molecule is CN1CCC[C@H]1COc1nc(N2CC3CCC(C2)N3)c2c(=O)n(C3COC3)c(-c3ccc(F)c4sc(N)nc34)c(F)c2n1. The molecule has 4 aliphatic rings. The van der Waals surface area contributed by atoms with Crippen LogP contribution in [0.25, 0.3) is 32.4 Å². The predicted molar refractivity (Wildman–Crippen MR) is 160 cm³/mol. The molecule has 1 aromatic carbocycles. The van der Waals surface area contributed by atoms with Crippen molar-refractivity contribution in [2.24, 2.45) is 0 Å². The summed E-state index contributed by atoms with van der Waals surface area (Å²) in [5.74, 6) is -0.851. The van der Waals surface area contributed by atoms with Gasteiger partial charge in [-0.1, -0.05) is 11.3 Å². The fourth-order valence-electron chi connectivity index (χ4n) is 7.00. The normalized spacial score (nSPS) is 24.3. The Bertz CT molecular complexity index is 1800. The van der Waals surface area contributed by atoms with Gasteiger partial charge in [-0.25, -0.2) is 13.8 Å². The maximum Gasteiger partial charge on any atom is 0.319 e. The number of halogens is 2. The van der Waals surface area contributed by atoms with Gasteiger partial charge in [-0.15, -0.1) is 0 Å². The van der Waals surface area contributed by atoms with Crippen molar-refractivity contribution in [1.82, 2.24) is 29.7 Å². The van der Waals surface area contributed by atoms with E-state index in [1.165, 1.54) is 16.7 Å². The van der Waals surface area contributed by atoms with Gasteiger partial charge in [0.2, 0.25) is 0 Å². The number of hydrogen-bond donors (Lipinski definition) is 2. The number of hydrogen-bond acceptors (Lipinski definition) is 11. The molecule has 0 saturated carbocycles. The minimum atomic E-state index is -0.717. The first kappa shape index (κ1) is 27.1. The maximum atomic E-state index is 17.1. The average Bonchev–Trinajstić information content (AvgIpc) is 3.67. The van der Waals surface area contributed by atoms with Crippen LogP contribution in [0.15, 0.2) is 16.9 Å². The molecule has 4 saturated heterocycles. The summed E-state index contributed by atoms with van der Waals surface area (Å²) >= 11 is 0.979. The second kappa shape index (κ2) is 10.3. The van der Waals surface area contributed by atoms with E-state index in [1.54, 1.807) is 0 Å². The van der Waals surface area contributed by atoms with Crippen molar-refractivity contribution in [3.05, 3.63) is 34.1 Å². The number of thiazole rings is 1. The quantitative estimate of drug-likeness (QED) is 0.337. The lowest BCUT2D eigenvalue weighted by Gasteiger charge is -2.35. The molecule has 226 valence electrons. The molecule has 3 aromatic heterocycles. The zero-order valence-electron chi connectivity index (χ0n) is 23.7. The van der Waals surface area contributed by atoms with E-state index in [0.29, 0.717) is 25.5 Å². The van der Waals surface area contributed by atoms with Gasteiger partial charge < -0.3 is 30.3 Å². The van der Waals surface area contributed by atoms with Crippen LogP contribution in [0.2, 0.25) is 0 Å². The summed E-state index contributed by atoms with van der Waals surface area (Å²) in [6.07, 6.45) is 4.12. The van der Waals surface area contributed by atoms with E-state index in [-0.39, 0.29) is 74.9 Å². The number of likely N-dealkylation sites (tertiary alicyclic amines) is 1. The van der Waals surface area contributed by atoms with Crippen LogP contribution >= 0.6 is 11.3 Å². The molecule has 0 radical (unpaired) electrons. The molecule has 43 heavy (non-hydrogen) atoms. The lowest BCUT2D eigenvalue weighted by Crippen LogP contribution is -2.51. The van der Waals surface area contributed by atoms with Gasteiger partial charge in [0.05, 0.1) is 35.2 Å². The Kier molecular flexibility index (Phi) is 6.51. The number of piperazine rings is 1. The third kappa shape index (κ3) is 4.45. The Morgan fingerprint density at radius 1 is 1.12 bits per heavy atom. The standard InChI is InChI=1S/C29H32F2N8O3S/c1-37-8-2-3-16(37)13-42-29-35-23-20(26(36-29)38-9-14-4-5-15(10-38)33-14)27(40)39(17-11-41-12-17)24(21(23)31)18-6-7-19(30)25-22(18)34-28(32)43-25/h6-7,14-17,33H,2-5,8-13H2,1H3,(H2,32,34)/t14?,15?,16-/m0/s1. The maximum absolute atomic E-state index is 17.1. The number of pyridine rings is 1. The van der Waals surface area contributed by atoms with E-state index in [4.69, 9.17) is 20.2 Å². The number of ether oxygens (including phenoxy) is 2. The van der Waals surface area contributed by atoms with E-state index >= 15 is 4.39 Å². The summed E-state index contributed by atoms with van der Waals surface area (Å²) < 4.78 is 45.1. The highest BCUT2D eigenvalue weighted by atomic mass is 32.1. The van der Waals surface area contributed by atoms with Gasteiger partial charge in [0.25, 0.3) is 5.56 Å². The topological polar surface area (TPSA) is 124 Å². The van der Waals surface area contributed by atoms with E-state index in [1.807, 2.05) is 0 Å². The van der Waals surface area contributed by atoms with Gasteiger partial charge in [-0.2, -0.15) is 9.97 Å². The third-order valence-corrected chi connectivity index (χ3v) is 10.2. The molecule has 0 aliphatic carbocycles. The van der Waals surface area contributed by atoms with Gasteiger partial charge in [0, 0.05) is 36.8 Å². The van der Waals surface area contributed by atoms with Crippen LogP contribution in [0.3, 0.4) is 0 Å². The monoisotopic (exact) mass is 610 g/mol. The van der Waals surface area contributed by atoms with Crippen LogP contribution in [-0.2, 0) is 4.74 Å². The molecule has 11 nitrogen and oxygen atoms in total. The summed E-state index contributed by atoms with van der Waals surface area (Å²) in [6.45, 7) is 3.10. The minimum absolute atomic E-state index is 0.0207. The van der Waals surface area contributed by atoms with Crippen molar-refractivity contribution in [3.8, 4) is 17.3 Å². The highest BCUT2D eigenvalue weighted by Gasteiger charge is 2.37. The Morgan fingerprint density at radius 2 is 1.91 bits per heavy atom. The first-order chi connectivity index (χ1) is 20.9. The second-order valence-corrected chi connectivity index (χ2v) is 13.1. The lowest BCUT2D eigenvalue weighted by atomic mass is 10.0. The van der Waals surface area contributed by atoms with Crippen molar-refractivity contribution < 1.29 is 18.3 Å². The number of nitrogens with two attached hydrogens (primary N) is 1.